The van der Waals surface area contributed by atoms with Crippen molar-refractivity contribution in [3.05, 3.63) is 77.7 Å². The number of para-hydroxylation sites is 1. The SMILES string of the molecule is Cc1cc(C(=O)Nc2cccc(Oc3ccccc3)c2)c(N)nc1F. The molecule has 0 saturated heterocycles. The van der Waals surface area contributed by atoms with E-state index in [4.69, 9.17) is 10.5 Å². The Kier molecular flexibility index (Phi) is 4.61. The first kappa shape index (κ1) is 16.4. The number of ether oxygens (including phenoxy) is 1. The molecule has 0 bridgehead atoms. The Morgan fingerprint density at radius 2 is 1.80 bits per heavy atom. The van der Waals surface area contributed by atoms with Crippen LogP contribution in [0.15, 0.2) is 60.7 Å². The first-order valence-electron chi connectivity index (χ1n) is 7.60. The summed E-state index contributed by atoms with van der Waals surface area (Å²) in [7, 11) is 0. The average molecular weight is 337 g/mol. The number of nitrogen functional groups attached to an aromatic ring is 1. The van der Waals surface area contributed by atoms with Crippen molar-refractivity contribution in [3.8, 4) is 11.5 Å². The van der Waals surface area contributed by atoms with Gasteiger partial charge in [0.25, 0.3) is 5.91 Å². The summed E-state index contributed by atoms with van der Waals surface area (Å²) in [6.45, 7) is 1.52. The van der Waals surface area contributed by atoms with E-state index < -0.39 is 11.9 Å². The standard InChI is InChI=1S/C19H16FN3O2/c1-12-10-16(18(21)23-17(12)20)19(24)22-13-6-5-9-15(11-13)25-14-7-3-2-4-8-14/h2-11H,1H3,(H2,21,23)(H,22,24). The number of nitrogens with zero attached hydrogens (tertiary/aromatic N) is 1. The Balaban J connectivity index is 1.78. The summed E-state index contributed by atoms with van der Waals surface area (Å²) in [6, 6.07) is 17.6. The second kappa shape index (κ2) is 7.00. The molecule has 1 aromatic heterocycles. The van der Waals surface area contributed by atoms with Gasteiger partial charge >= 0.3 is 0 Å². The zero-order chi connectivity index (χ0) is 17.8. The third-order valence-corrected chi connectivity index (χ3v) is 3.50. The van der Waals surface area contributed by atoms with Crippen LogP contribution in [0.1, 0.15) is 15.9 Å². The Morgan fingerprint density at radius 3 is 2.56 bits per heavy atom. The van der Waals surface area contributed by atoms with Gasteiger partial charge in [-0.2, -0.15) is 4.39 Å². The van der Waals surface area contributed by atoms with Crippen molar-refractivity contribution in [1.82, 2.24) is 4.98 Å². The first-order chi connectivity index (χ1) is 12.0. The zero-order valence-corrected chi connectivity index (χ0v) is 13.5. The van der Waals surface area contributed by atoms with Crippen molar-refractivity contribution in [2.75, 3.05) is 11.1 Å². The summed E-state index contributed by atoms with van der Waals surface area (Å²) in [5.41, 5.74) is 6.54. The van der Waals surface area contributed by atoms with Gasteiger partial charge in [0.2, 0.25) is 5.95 Å². The van der Waals surface area contributed by atoms with E-state index in [-0.39, 0.29) is 16.9 Å². The molecule has 1 heterocycles. The fraction of sp³-hybridized carbons (Fsp3) is 0.0526. The van der Waals surface area contributed by atoms with E-state index in [0.29, 0.717) is 17.2 Å². The fourth-order valence-corrected chi connectivity index (χ4v) is 2.25. The van der Waals surface area contributed by atoms with Crippen LogP contribution in [0.5, 0.6) is 11.5 Å². The van der Waals surface area contributed by atoms with Crippen molar-refractivity contribution in [2.45, 2.75) is 6.92 Å². The van der Waals surface area contributed by atoms with Crippen LogP contribution in [-0.4, -0.2) is 10.9 Å². The third kappa shape index (κ3) is 3.92. The number of nitrogens with two attached hydrogens (primary N) is 1. The maximum absolute atomic E-state index is 13.4. The lowest BCUT2D eigenvalue weighted by molar-refractivity contribution is 0.102. The van der Waals surface area contributed by atoms with Crippen LogP contribution in [-0.2, 0) is 0 Å². The number of aryl methyl sites for hydroxylation is 1. The minimum Gasteiger partial charge on any atom is -0.457 e. The normalized spacial score (nSPS) is 10.3. The van der Waals surface area contributed by atoms with Gasteiger partial charge in [0.05, 0.1) is 5.56 Å². The number of amides is 1. The van der Waals surface area contributed by atoms with Crippen molar-refractivity contribution in [1.29, 1.82) is 0 Å². The molecule has 0 radical (unpaired) electrons. The summed E-state index contributed by atoms with van der Waals surface area (Å²) >= 11 is 0. The van der Waals surface area contributed by atoms with Crippen molar-refractivity contribution in [3.63, 3.8) is 0 Å². The van der Waals surface area contributed by atoms with Gasteiger partial charge < -0.3 is 15.8 Å². The second-order valence-corrected chi connectivity index (χ2v) is 5.43. The smallest absolute Gasteiger partial charge is 0.259 e. The predicted octanol–water partition coefficient (Wildman–Crippen LogP) is 4.16. The van der Waals surface area contributed by atoms with Gasteiger partial charge in [0, 0.05) is 17.3 Å². The van der Waals surface area contributed by atoms with Crippen LogP contribution in [0, 0.1) is 12.9 Å². The van der Waals surface area contributed by atoms with E-state index in [9.17, 15) is 9.18 Å². The van der Waals surface area contributed by atoms with Crippen molar-refractivity contribution < 1.29 is 13.9 Å². The molecule has 0 saturated carbocycles. The Bertz CT molecular complexity index is 914. The number of nitrogens with one attached hydrogen (secondary N) is 1. The molecule has 6 heteroatoms. The van der Waals surface area contributed by atoms with Crippen LogP contribution < -0.4 is 15.8 Å². The highest BCUT2D eigenvalue weighted by Gasteiger charge is 2.14. The highest BCUT2D eigenvalue weighted by Crippen LogP contribution is 2.24. The van der Waals surface area contributed by atoms with E-state index >= 15 is 0 Å². The highest BCUT2D eigenvalue weighted by atomic mass is 19.1. The summed E-state index contributed by atoms with van der Waals surface area (Å²) in [4.78, 5) is 15.9. The largest absolute Gasteiger partial charge is 0.457 e. The van der Waals surface area contributed by atoms with Gasteiger partial charge in [-0.15, -0.1) is 0 Å². The minimum absolute atomic E-state index is 0.119. The Labute approximate surface area is 144 Å². The molecular formula is C19H16FN3O2. The summed E-state index contributed by atoms with van der Waals surface area (Å²) in [6.07, 6.45) is 0. The molecule has 3 aromatic rings. The van der Waals surface area contributed by atoms with Gasteiger partial charge in [-0.1, -0.05) is 24.3 Å². The molecule has 2 aromatic carbocycles. The van der Waals surface area contributed by atoms with E-state index in [1.807, 2.05) is 30.3 Å². The summed E-state index contributed by atoms with van der Waals surface area (Å²) < 4.78 is 19.1. The lowest BCUT2D eigenvalue weighted by Gasteiger charge is -2.10. The summed E-state index contributed by atoms with van der Waals surface area (Å²) in [5.74, 6) is -0.0477. The molecule has 0 atom stereocenters. The number of carbonyl (C=O) groups excluding carboxylic acids is 1. The molecule has 126 valence electrons. The predicted molar refractivity (Wildman–Crippen MR) is 94.3 cm³/mol. The van der Waals surface area contributed by atoms with E-state index in [1.165, 1.54) is 13.0 Å². The molecule has 25 heavy (non-hydrogen) atoms. The molecule has 1 amide bonds. The third-order valence-electron chi connectivity index (χ3n) is 3.50. The van der Waals surface area contributed by atoms with Gasteiger partial charge in [-0.3, -0.25) is 4.79 Å². The van der Waals surface area contributed by atoms with E-state index in [1.54, 1.807) is 24.3 Å². The number of pyridine rings is 1. The van der Waals surface area contributed by atoms with Crippen LogP contribution >= 0.6 is 0 Å². The lowest BCUT2D eigenvalue weighted by Crippen LogP contribution is -2.16. The molecule has 0 aliphatic rings. The van der Waals surface area contributed by atoms with Gasteiger partial charge in [-0.25, -0.2) is 4.98 Å². The van der Waals surface area contributed by atoms with Crippen molar-refractivity contribution >= 4 is 17.4 Å². The van der Waals surface area contributed by atoms with Crippen LogP contribution in [0.2, 0.25) is 0 Å². The quantitative estimate of drug-likeness (QED) is 0.701. The van der Waals surface area contributed by atoms with Gasteiger partial charge in [-0.05, 0) is 37.3 Å². The number of rotatable bonds is 4. The molecule has 5 nitrogen and oxygen atoms in total. The topological polar surface area (TPSA) is 77.2 Å². The number of halogens is 1. The molecule has 0 aliphatic carbocycles. The maximum Gasteiger partial charge on any atom is 0.259 e. The van der Waals surface area contributed by atoms with Crippen LogP contribution in [0.3, 0.4) is 0 Å². The Morgan fingerprint density at radius 1 is 1.08 bits per heavy atom. The molecule has 0 spiro atoms. The minimum atomic E-state index is -0.688. The maximum atomic E-state index is 13.4. The highest BCUT2D eigenvalue weighted by molar-refractivity contribution is 6.07. The molecule has 3 rings (SSSR count). The molecule has 0 unspecified atom stereocenters. The summed E-state index contributed by atoms with van der Waals surface area (Å²) in [5, 5.41) is 2.71. The number of anilines is 2. The number of aromatic nitrogens is 1. The Hall–Kier alpha value is -3.41. The van der Waals surface area contributed by atoms with Gasteiger partial charge in [0.15, 0.2) is 0 Å². The van der Waals surface area contributed by atoms with E-state index in [2.05, 4.69) is 10.3 Å². The molecular weight excluding hydrogens is 321 g/mol. The van der Waals surface area contributed by atoms with Gasteiger partial charge in [0.1, 0.15) is 17.3 Å². The number of hydrogen-bond acceptors (Lipinski definition) is 4. The average Bonchev–Trinajstić information content (AvgIpc) is 2.59. The second-order valence-electron chi connectivity index (χ2n) is 5.43. The van der Waals surface area contributed by atoms with Crippen molar-refractivity contribution in [2.24, 2.45) is 0 Å². The monoisotopic (exact) mass is 337 g/mol. The molecule has 0 aliphatic heterocycles. The van der Waals surface area contributed by atoms with Crippen LogP contribution in [0.4, 0.5) is 15.9 Å². The zero-order valence-electron chi connectivity index (χ0n) is 13.5. The number of carbonyl (C=O) groups is 1. The molecule has 0 fully saturated rings. The first-order valence-corrected chi connectivity index (χ1v) is 7.60. The van der Waals surface area contributed by atoms with Crippen LogP contribution in [0.25, 0.3) is 0 Å². The fourth-order valence-electron chi connectivity index (χ4n) is 2.25. The number of benzene rings is 2. The lowest BCUT2D eigenvalue weighted by atomic mass is 10.1. The molecule has 3 N–H and O–H groups in total. The van der Waals surface area contributed by atoms with E-state index in [0.717, 1.165) is 0 Å². The number of hydrogen-bond donors (Lipinski definition) is 2.